The summed E-state index contributed by atoms with van der Waals surface area (Å²) < 4.78 is 39.1. The van der Waals surface area contributed by atoms with E-state index in [9.17, 15) is 18.0 Å². The lowest BCUT2D eigenvalue weighted by Gasteiger charge is -2.11. The quantitative estimate of drug-likeness (QED) is 0.523. The molecule has 0 saturated heterocycles. The Kier molecular flexibility index (Phi) is 4.52. The molecular weight excluding hydrogens is 450 g/mol. The van der Waals surface area contributed by atoms with Gasteiger partial charge < -0.3 is 5.32 Å². The van der Waals surface area contributed by atoms with Gasteiger partial charge in [0.25, 0.3) is 0 Å². The third-order valence-corrected chi connectivity index (χ3v) is 5.09. The summed E-state index contributed by atoms with van der Waals surface area (Å²) in [6.07, 6.45) is -4.91. The first-order chi connectivity index (χ1) is 11.2. The lowest BCUT2D eigenvalue weighted by molar-refractivity contribution is -0.167. The van der Waals surface area contributed by atoms with Crippen LogP contribution in [0.25, 0.3) is 20.8 Å². The second-order valence-electron chi connectivity index (χ2n) is 5.11. The molecule has 0 spiro atoms. The van der Waals surface area contributed by atoms with Crippen LogP contribution in [-0.2, 0) is 4.79 Å². The van der Waals surface area contributed by atoms with Crippen molar-refractivity contribution < 1.29 is 18.0 Å². The van der Waals surface area contributed by atoms with Gasteiger partial charge in [-0.3, -0.25) is 4.79 Å². The summed E-state index contributed by atoms with van der Waals surface area (Å²) >= 11 is 3.72. The summed E-state index contributed by atoms with van der Waals surface area (Å²) in [4.78, 5) is 15.6. The monoisotopic (exact) mass is 460 g/mol. The van der Waals surface area contributed by atoms with Crippen molar-refractivity contribution in [3.8, 4) is 10.6 Å². The Morgan fingerprint density at radius 1 is 1.21 bits per heavy atom. The molecule has 2 aromatic carbocycles. The Bertz CT molecular complexity index is 937. The fraction of sp³-hybridized carbons (Fsp3) is 0.125. The van der Waals surface area contributed by atoms with Gasteiger partial charge in [0.2, 0.25) is 0 Å². The molecule has 0 aliphatic heterocycles. The van der Waals surface area contributed by atoms with Crippen LogP contribution in [0, 0.1) is 10.5 Å². The number of hydrogen-bond acceptors (Lipinski definition) is 3. The number of hydrogen-bond donors (Lipinski definition) is 1. The van der Waals surface area contributed by atoms with Crippen LogP contribution in [0.5, 0.6) is 0 Å². The van der Waals surface area contributed by atoms with Crippen molar-refractivity contribution in [2.75, 3.05) is 5.32 Å². The van der Waals surface area contributed by atoms with Crippen LogP contribution in [-0.4, -0.2) is 17.1 Å². The molecule has 0 saturated carbocycles. The lowest BCUT2D eigenvalue weighted by atomic mass is 10.1. The van der Waals surface area contributed by atoms with Gasteiger partial charge >= 0.3 is 12.1 Å². The molecule has 0 aliphatic rings. The van der Waals surface area contributed by atoms with Gasteiger partial charge in [-0.05, 0) is 71.5 Å². The van der Waals surface area contributed by atoms with E-state index in [1.54, 1.807) is 19.1 Å². The average molecular weight is 460 g/mol. The summed E-state index contributed by atoms with van der Waals surface area (Å²) in [5, 5.41) is 2.66. The summed E-state index contributed by atoms with van der Waals surface area (Å²) in [7, 11) is 0. The molecule has 0 aliphatic carbocycles. The molecule has 0 bridgehead atoms. The SMILES string of the molecule is Cc1cc(-c2nc3cc([125I])ccc3s2)ccc1NC(=O)C(F)(F)F. The van der Waals surface area contributed by atoms with Crippen molar-refractivity contribution in [1.29, 1.82) is 0 Å². The zero-order valence-corrected chi connectivity index (χ0v) is 15.2. The molecule has 1 aromatic heterocycles. The molecule has 8 heteroatoms. The summed E-state index contributed by atoms with van der Waals surface area (Å²) in [5.74, 6) is -1.98. The number of thiazole rings is 1. The minimum absolute atomic E-state index is 0.136. The molecule has 3 rings (SSSR count). The van der Waals surface area contributed by atoms with E-state index in [4.69, 9.17) is 0 Å². The predicted octanol–water partition coefficient (Wildman–Crippen LogP) is 5.38. The maximum Gasteiger partial charge on any atom is 0.471 e. The van der Waals surface area contributed by atoms with Crippen molar-refractivity contribution in [1.82, 2.24) is 4.98 Å². The molecule has 0 atom stereocenters. The minimum Gasteiger partial charge on any atom is -0.318 e. The number of amides is 1. The molecule has 1 amide bonds. The lowest BCUT2D eigenvalue weighted by Crippen LogP contribution is -2.30. The Balaban J connectivity index is 1.92. The van der Waals surface area contributed by atoms with Gasteiger partial charge in [0.15, 0.2) is 0 Å². The smallest absolute Gasteiger partial charge is 0.318 e. The fourth-order valence-corrected chi connectivity index (χ4v) is 3.57. The number of aromatic nitrogens is 1. The van der Waals surface area contributed by atoms with E-state index in [1.165, 1.54) is 17.4 Å². The molecule has 0 radical (unpaired) electrons. The zero-order valence-electron chi connectivity index (χ0n) is 12.2. The second-order valence-corrected chi connectivity index (χ2v) is 7.39. The van der Waals surface area contributed by atoms with E-state index in [-0.39, 0.29) is 5.69 Å². The van der Waals surface area contributed by atoms with Gasteiger partial charge in [-0.2, -0.15) is 13.2 Å². The molecule has 0 unspecified atom stereocenters. The normalized spacial score (nSPS) is 11.7. The highest BCUT2D eigenvalue weighted by Crippen LogP contribution is 2.33. The van der Waals surface area contributed by atoms with Crippen molar-refractivity contribution in [3.05, 3.63) is 45.5 Å². The van der Waals surface area contributed by atoms with Crippen LogP contribution in [0.15, 0.2) is 36.4 Å². The summed E-state index contributed by atoms with van der Waals surface area (Å²) in [5.41, 5.74) is 2.36. The molecule has 1 heterocycles. The number of nitrogens with zero attached hydrogens (tertiary/aromatic N) is 1. The van der Waals surface area contributed by atoms with E-state index < -0.39 is 12.1 Å². The predicted molar refractivity (Wildman–Crippen MR) is 97.2 cm³/mol. The number of carbonyl (C=O) groups is 1. The minimum atomic E-state index is -4.91. The number of aryl methyl sites for hydroxylation is 1. The van der Waals surface area contributed by atoms with E-state index in [0.717, 1.165) is 24.4 Å². The largest absolute Gasteiger partial charge is 0.471 e. The van der Waals surface area contributed by atoms with Crippen LogP contribution >= 0.6 is 33.9 Å². The standard InChI is InChI=1S/C16H10F3IN2OS/c1-8-6-9(2-4-11(8)22-15(23)16(17,18)19)14-21-12-7-10(20)3-5-13(12)24-14/h2-7H,1H3,(H,22,23)/i20-2. The first-order valence-electron chi connectivity index (χ1n) is 6.79. The Labute approximate surface area is 153 Å². The molecule has 3 aromatic rings. The van der Waals surface area contributed by atoms with Crippen LogP contribution in [0.2, 0.25) is 0 Å². The van der Waals surface area contributed by atoms with E-state index in [1.807, 2.05) is 23.5 Å². The third kappa shape index (κ3) is 3.54. The molecule has 3 nitrogen and oxygen atoms in total. The maximum atomic E-state index is 12.3. The molecule has 1 N–H and O–H groups in total. The third-order valence-electron chi connectivity index (χ3n) is 3.33. The number of alkyl halides is 3. The number of halogens is 4. The van der Waals surface area contributed by atoms with E-state index >= 15 is 0 Å². The first kappa shape index (κ1) is 17.2. The van der Waals surface area contributed by atoms with Gasteiger partial charge in [-0.25, -0.2) is 4.98 Å². The summed E-state index contributed by atoms with van der Waals surface area (Å²) in [6.45, 7) is 1.64. The maximum absolute atomic E-state index is 12.3. The van der Waals surface area contributed by atoms with Crippen LogP contribution < -0.4 is 5.32 Å². The average Bonchev–Trinajstić information content (AvgIpc) is 2.91. The zero-order chi connectivity index (χ0) is 17.5. The first-order valence-corrected chi connectivity index (χ1v) is 8.69. The Morgan fingerprint density at radius 2 is 1.96 bits per heavy atom. The highest BCUT2D eigenvalue weighted by molar-refractivity contribution is 14.1. The summed E-state index contributed by atoms with van der Waals surface area (Å²) in [6, 6.07) is 10.8. The number of nitrogens with one attached hydrogen (secondary N) is 1. The fourth-order valence-electron chi connectivity index (χ4n) is 2.15. The van der Waals surface area contributed by atoms with Crippen LogP contribution in [0.3, 0.4) is 0 Å². The van der Waals surface area contributed by atoms with Gasteiger partial charge in [0.1, 0.15) is 5.01 Å². The molecule has 0 fully saturated rings. The number of rotatable bonds is 2. The van der Waals surface area contributed by atoms with E-state index in [2.05, 4.69) is 27.6 Å². The van der Waals surface area contributed by atoms with Gasteiger partial charge in [0, 0.05) is 14.8 Å². The Morgan fingerprint density at radius 3 is 2.62 bits per heavy atom. The van der Waals surface area contributed by atoms with Crippen LogP contribution in [0.4, 0.5) is 18.9 Å². The second kappa shape index (κ2) is 6.32. The molecular formula is C16H10F3IN2OS. The van der Waals surface area contributed by atoms with E-state index in [0.29, 0.717) is 5.56 Å². The van der Waals surface area contributed by atoms with Gasteiger partial charge in [-0.15, -0.1) is 11.3 Å². The van der Waals surface area contributed by atoms with Gasteiger partial charge in [-0.1, -0.05) is 0 Å². The number of benzene rings is 2. The van der Waals surface area contributed by atoms with Crippen LogP contribution in [0.1, 0.15) is 5.56 Å². The number of fused-ring (bicyclic) bond motifs is 1. The number of carbonyl (C=O) groups excluding carboxylic acids is 1. The van der Waals surface area contributed by atoms with Crippen molar-refractivity contribution in [3.63, 3.8) is 0 Å². The Hall–Kier alpha value is -1.68. The molecule has 124 valence electrons. The van der Waals surface area contributed by atoms with Crippen molar-refractivity contribution in [2.45, 2.75) is 13.1 Å². The highest BCUT2D eigenvalue weighted by atomic mass is 125. The topological polar surface area (TPSA) is 42.0 Å². The van der Waals surface area contributed by atoms with Crippen molar-refractivity contribution in [2.24, 2.45) is 0 Å². The highest BCUT2D eigenvalue weighted by Gasteiger charge is 2.38. The number of anilines is 1. The van der Waals surface area contributed by atoms with Crippen molar-refractivity contribution >= 4 is 55.7 Å². The van der Waals surface area contributed by atoms with Gasteiger partial charge in [0.05, 0.1) is 10.2 Å². The molecule has 24 heavy (non-hydrogen) atoms.